The van der Waals surface area contributed by atoms with E-state index in [2.05, 4.69) is 11.9 Å². The van der Waals surface area contributed by atoms with E-state index in [1.807, 2.05) is 0 Å². The van der Waals surface area contributed by atoms with E-state index < -0.39 is 22.8 Å². The Hall–Kier alpha value is -4.96. The molecule has 1 aliphatic heterocycles. The molecule has 0 aromatic heterocycles. The molecule has 0 radical (unpaired) electrons. The Bertz CT molecular complexity index is 1520. The van der Waals surface area contributed by atoms with Gasteiger partial charge in [0, 0.05) is 22.7 Å². The third-order valence-corrected chi connectivity index (χ3v) is 6.10. The van der Waals surface area contributed by atoms with Crippen molar-refractivity contribution in [3.8, 4) is 11.5 Å². The van der Waals surface area contributed by atoms with Crippen LogP contribution in [-0.2, 0) is 22.6 Å². The summed E-state index contributed by atoms with van der Waals surface area (Å²) in [5.41, 5.74) is 1.82. The van der Waals surface area contributed by atoms with E-state index in [-0.39, 0.29) is 23.6 Å². The summed E-state index contributed by atoms with van der Waals surface area (Å²) in [5, 5.41) is 13.6. The average molecular weight is 562 g/mol. The number of allylic oxidation sites excluding steroid dienone is 1. The van der Waals surface area contributed by atoms with Crippen molar-refractivity contribution in [1.29, 1.82) is 0 Å². The average Bonchev–Trinajstić information content (AvgIpc) is 2.92. The van der Waals surface area contributed by atoms with Crippen molar-refractivity contribution in [2.75, 3.05) is 11.5 Å². The second-order valence-corrected chi connectivity index (χ2v) is 9.02. The fourth-order valence-electron chi connectivity index (χ4n) is 4.02. The fourth-order valence-corrected chi connectivity index (χ4v) is 4.14. The number of anilines is 1. The molecule has 3 aromatic carbocycles. The predicted molar refractivity (Wildman–Crippen MR) is 149 cm³/mol. The first kappa shape index (κ1) is 28.1. The number of nitrogens with zero attached hydrogens (tertiary/aromatic N) is 2. The van der Waals surface area contributed by atoms with Crippen LogP contribution in [0.25, 0.3) is 6.08 Å². The molecule has 1 heterocycles. The highest BCUT2D eigenvalue weighted by Gasteiger charge is 2.36. The molecule has 40 heavy (non-hydrogen) atoms. The summed E-state index contributed by atoms with van der Waals surface area (Å²) in [6.45, 7) is 6.01. The van der Waals surface area contributed by atoms with Gasteiger partial charge in [0.2, 0.25) is 0 Å². The van der Waals surface area contributed by atoms with Gasteiger partial charge in [-0.2, -0.15) is 0 Å². The Balaban J connectivity index is 1.69. The van der Waals surface area contributed by atoms with Crippen molar-refractivity contribution in [1.82, 2.24) is 5.32 Å². The molecule has 0 spiro atoms. The number of barbiturate groups is 1. The summed E-state index contributed by atoms with van der Waals surface area (Å²) in [5.74, 6) is -0.829. The number of nitro benzene ring substituents is 1. The number of imide groups is 2. The van der Waals surface area contributed by atoms with Crippen LogP contribution in [0.5, 0.6) is 11.5 Å². The van der Waals surface area contributed by atoms with E-state index in [0.717, 1.165) is 4.90 Å². The molecule has 1 aliphatic rings. The van der Waals surface area contributed by atoms with E-state index in [1.165, 1.54) is 42.5 Å². The lowest BCUT2D eigenvalue weighted by Gasteiger charge is -2.26. The number of nitro groups is 1. The number of carbonyl (C=O) groups is 3. The molecular formula is C29H24ClN3O7. The molecule has 0 aliphatic carbocycles. The molecule has 0 saturated carbocycles. The van der Waals surface area contributed by atoms with E-state index in [4.69, 9.17) is 21.1 Å². The number of hydrogen-bond acceptors (Lipinski definition) is 7. The number of amides is 4. The number of urea groups is 1. The van der Waals surface area contributed by atoms with E-state index in [1.54, 1.807) is 37.3 Å². The van der Waals surface area contributed by atoms with Crippen molar-refractivity contribution in [2.45, 2.75) is 20.0 Å². The van der Waals surface area contributed by atoms with Gasteiger partial charge in [0.25, 0.3) is 17.5 Å². The maximum Gasteiger partial charge on any atom is 0.335 e. The fraction of sp³-hybridized carbons (Fsp3) is 0.138. The summed E-state index contributed by atoms with van der Waals surface area (Å²) >= 11 is 5.93. The molecule has 3 aromatic rings. The van der Waals surface area contributed by atoms with Gasteiger partial charge in [-0.3, -0.25) is 25.0 Å². The van der Waals surface area contributed by atoms with Crippen LogP contribution in [0.4, 0.5) is 16.2 Å². The summed E-state index contributed by atoms with van der Waals surface area (Å²) < 4.78 is 11.9. The monoisotopic (exact) mass is 561 g/mol. The van der Waals surface area contributed by atoms with E-state index in [0.29, 0.717) is 46.2 Å². The van der Waals surface area contributed by atoms with E-state index in [9.17, 15) is 24.5 Å². The SMILES string of the molecule is C=CCc1cc(/C=C2\C(=O)NC(=O)N(c3ccc(Cl)cc3)C2=O)cc(OCC)c1OCc1ccc([N+](=O)[O-])cc1. The van der Waals surface area contributed by atoms with Crippen molar-refractivity contribution in [2.24, 2.45) is 0 Å². The second kappa shape index (κ2) is 12.3. The lowest BCUT2D eigenvalue weighted by atomic mass is 10.0. The maximum absolute atomic E-state index is 13.3. The first-order valence-electron chi connectivity index (χ1n) is 12.2. The minimum Gasteiger partial charge on any atom is -0.490 e. The van der Waals surface area contributed by atoms with Crippen LogP contribution in [0.1, 0.15) is 23.6 Å². The molecule has 0 atom stereocenters. The Morgan fingerprint density at radius 1 is 1.05 bits per heavy atom. The molecular weight excluding hydrogens is 538 g/mol. The predicted octanol–water partition coefficient (Wildman–Crippen LogP) is 5.62. The van der Waals surface area contributed by atoms with Crippen molar-refractivity contribution in [3.05, 3.63) is 111 Å². The lowest BCUT2D eigenvalue weighted by Crippen LogP contribution is -2.54. The van der Waals surface area contributed by atoms with Gasteiger partial charge in [0.1, 0.15) is 12.2 Å². The lowest BCUT2D eigenvalue weighted by molar-refractivity contribution is -0.384. The van der Waals surface area contributed by atoms with Crippen molar-refractivity contribution < 1.29 is 28.8 Å². The molecule has 10 nitrogen and oxygen atoms in total. The van der Waals surface area contributed by atoms with E-state index >= 15 is 0 Å². The number of hydrogen-bond donors (Lipinski definition) is 1. The molecule has 4 rings (SSSR count). The number of nitrogens with one attached hydrogen (secondary N) is 1. The molecule has 4 amide bonds. The third kappa shape index (κ3) is 6.19. The minimum atomic E-state index is -0.869. The molecule has 11 heteroatoms. The number of halogens is 1. The number of rotatable bonds is 10. The number of benzene rings is 3. The second-order valence-electron chi connectivity index (χ2n) is 8.58. The van der Waals surface area contributed by atoms with Crippen LogP contribution in [0, 0.1) is 10.1 Å². The van der Waals surface area contributed by atoms with Crippen LogP contribution in [-0.4, -0.2) is 29.4 Å². The minimum absolute atomic E-state index is 0.0267. The zero-order valence-electron chi connectivity index (χ0n) is 21.4. The smallest absolute Gasteiger partial charge is 0.335 e. The highest BCUT2D eigenvalue weighted by atomic mass is 35.5. The Labute approximate surface area is 234 Å². The zero-order chi connectivity index (χ0) is 28.8. The number of non-ortho nitro benzene ring substituents is 1. The quantitative estimate of drug-likeness (QED) is 0.112. The molecule has 1 fully saturated rings. The molecule has 0 bridgehead atoms. The van der Waals surface area contributed by atoms with Crippen molar-refractivity contribution >= 4 is 46.9 Å². The highest BCUT2D eigenvalue weighted by Crippen LogP contribution is 2.36. The van der Waals surface area contributed by atoms with Gasteiger partial charge in [-0.15, -0.1) is 6.58 Å². The van der Waals surface area contributed by atoms with Gasteiger partial charge in [0.05, 0.1) is 17.2 Å². The Morgan fingerprint density at radius 2 is 1.75 bits per heavy atom. The summed E-state index contributed by atoms with van der Waals surface area (Å²) in [7, 11) is 0. The van der Waals surface area contributed by atoms with Gasteiger partial charge in [-0.05, 0) is 79.1 Å². The van der Waals surface area contributed by atoms with Gasteiger partial charge >= 0.3 is 6.03 Å². The Morgan fingerprint density at radius 3 is 2.38 bits per heavy atom. The van der Waals surface area contributed by atoms with Crippen LogP contribution in [0.2, 0.25) is 5.02 Å². The van der Waals surface area contributed by atoms with Gasteiger partial charge < -0.3 is 9.47 Å². The zero-order valence-corrected chi connectivity index (χ0v) is 22.1. The molecule has 1 N–H and O–H groups in total. The number of carbonyl (C=O) groups excluding carboxylic acids is 3. The summed E-state index contributed by atoms with van der Waals surface area (Å²) in [6, 6.07) is 14.5. The third-order valence-electron chi connectivity index (χ3n) is 5.85. The van der Waals surface area contributed by atoms with Gasteiger partial charge in [0.15, 0.2) is 11.5 Å². The van der Waals surface area contributed by atoms with Gasteiger partial charge in [-0.25, -0.2) is 9.69 Å². The number of ether oxygens (including phenoxy) is 2. The maximum atomic E-state index is 13.3. The van der Waals surface area contributed by atoms with Crippen LogP contribution >= 0.6 is 11.6 Å². The topological polar surface area (TPSA) is 128 Å². The van der Waals surface area contributed by atoms with Crippen molar-refractivity contribution in [3.63, 3.8) is 0 Å². The summed E-state index contributed by atoms with van der Waals surface area (Å²) in [4.78, 5) is 49.8. The normalized spacial score (nSPS) is 14.2. The molecule has 0 unspecified atom stereocenters. The molecule has 204 valence electrons. The standard InChI is InChI=1S/C29H24ClN3O7/c1-3-5-20-14-19(15-24-27(34)31-29(36)32(28(24)35)22-12-8-21(30)9-13-22)16-25(39-4-2)26(20)40-17-18-6-10-23(11-7-18)33(37)38/h3,6-16H,1,4-5,17H2,2H3,(H,31,34,36)/b24-15+. The first-order valence-corrected chi connectivity index (χ1v) is 12.5. The molecule has 1 saturated heterocycles. The van der Waals surface area contributed by atoms with Crippen LogP contribution in [0.3, 0.4) is 0 Å². The van der Waals surface area contributed by atoms with Crippen LogP contribution < -0.4 is 19.7 Å². The highest BCUT2D eigenvalue weighted by molar-refractivity contribution is 6.39. The Kier molecular flexibility index (Phi) is 8.60. The van der Waals surface area contributed by atoms with Crippen LogP contribution in [0.15, 0.2) is 78.9 Å². The van der Waals surface area contributed by atoms with Gasteiger partial charge in [-0.1, -0.05) is 17.7 Å². The summed E-state index contributed by atoms with van der Waals surface area (Å²) in [6.07, 6.45) is 3.42. The first-order chi connectivity index (χ1) is 19.2. The largest absolute Gasteiger partial charge is 0.490 e.